The molecule has 0 saturated heterocycles. The maximum Gasteiger partial charge on any atom is 0.220 e. The van der Waals surface area contributed by atoms with Gasteiger partial charge in [-0.05, 0) is 34.5 Å². The summed E-state index contributed by atoms with van der Waals surface area (Å²) in [6, 6.07) is 5.74. The van der Waals surface area contributed by atoms with Gasteiger partial charge in [-0.1, -0.05) is 0 Å². The van der Waals surface area contributed by atoms with E-state index in [1.165, 1.54) is 0 Å². The number of furan rings is 1. The molecule has 16 heavy (non-hydrogen) atoms. The van der Waals surface area contributed by atoms with Crippen LogP contribution < -0.4 is 0 Å². The highest BCUT2D eigenvalue weighted by Crippen LogP contribution is 2.13. The fraction of sp³-hybridized carbons (Fsp3) is 0.250. The molecule has 1 amide bonds. The second-order valence-corrected chi connectivity index (χ2v) is 4.37. The number of amides is 1. The van der Waals surface area contributed by atoms with Gasteiger partial charge in [-0.2, -0.15) is 11.3 Å². The van der Waals surface area contributed by atoms with Gasteiger partial charge >= 0.3 is 0 Å². The van der Waals surface area contributed by atoms with Gasteiger partial charge in [0.25, 0.3) is 0 Å². The van der Waals surface area contributed by atoms with Gasteiger partial charge in [-0.25, -0.2) is 0 Å². The van der Waals surface area contributed by atoms with E-state index in [4.69, 9.17) is 4.42 Å². The zero-order chi connectivity index (χ0) is 11.4. The molecule has 2 aromatic rings. The molecule has 0 aliphatic heterocycles. The zero-order valence-corrected chi connectivity index (χ0v) is 9.87. The van der Waals surface area contributed by atoms with Crippen LogP contribution in [0.15, 0.2) is 39.6 Å². The van der Waals surface area contributed by atoms with Gasteiger partial charge in [-0.15, -0.1) is 0 Å². The molecule has 0 fully saturated rings. The van der Waals surface area contributed by atoms with E-state index in [0.29, 0.717) is 13.1 Å². The first-order valence-corrected chi connectivity index (χ1v) is 5.99. The molecule has 3 nitrogen and oxygen atoms in total. The van der Waals surface area contributed by atoms with Crippen LogP contribution in [0.2, 0.25) is 0 Å². The molecule has 2 rings (SSSR count). The molecular formula is C12H13NO2S. The molecule has 0 aliphatic rings. The fourth-order valence-electron chi connectivity index (χ4n) is 1.47. The molecule has 0 unspecified atom stereocenters. The molecule has 0 aliphatic carbocycles. The first-order valence-electron chi connectivity index (χ1n) is 5.04. The summed E-state index contributed by atoms with van der Waals surface area (Å²) in [6.07, 6.45) is 1.62. The Labute approximate surface area is 98.3 Å². The highest BCUT2D eigenvalue weighted by atomic mass is 32.1. The Morgan fingerprint density at radius 2 is 2.31 bits per heavy atom. The van der Waals surface area contributed by atoms with E-state index < -0.39 is 0 Å². The maximum atomic E-state index is 11.5. The predicted octanol–water partition coefficient (Wildman–Crippen LogP) is 2.89. The van der Waals surface area contributed by atoms with E-state index in [9.17, 15) is 4.79 Å². The normalized spacial score (nSPS) is 10.3. The number of thiophene rings is 1. The molecule has 0 N–H and O–H groups in total. The Balaban J connectivity index is 2.03. The second kappa shape index (κ2) is 4.99. The van der Waals surface area contributed by atoms with Crippen LogP contribution in [0.5, 0.6) is 0 Å². The van der Waals surface area contributed by atoms with Crippen molar-refractivity contribution in [3.8, 4) is 0 Å². The number of carbonyl (C=O) groups is 1. The van der Waals surface area contributed by atoms with Gasteiger partial charge in [0.1, 0.15) is 5.76 Å². The Kier molecular flexibility index (Phi) is 3.41. The van der Waals surface area contributed by atoms with Crippen molar-refractivity contribution in [1.29, 1.82) is 0 Å². The average Bonchev–Trinajstić information content (AvgIpc) is 2.88. The quantitative estimate of drug-likeness (QED) is 0.816. The number of hydrogen-bond donors (Lipinski definition) is 0. The van der Waals surface area contributed by atoms with E-state index in [1.807, 2.05) is 23.6 Å². The van der Waals surface area contributed by atoms with E-state index in [-0.39, 0.29) is 5.91 Å². The van der Waals surface area contributed by atoms with Crippen molar-refractivity contribution in [2.24, 2.45) is 0 Å². The largest absolute Gasteiger partial charge is 0.467 e. The Bertz CT molecular complexity index is 397. The monoisotopic (exact) mass is 235 g/mol. The van der Waals surface area contributed by atoms with Crippen LogP contribution in [0.25, 0.3) is 0 Å². The summed E-state index contributed by atoms with van der Waals surface area (Å²) < 4.78 is 5.24. The topological polar surface area (TPSA) is 33.5 Å². The minimum absolute atomic E-state index is 0.0580. The van der Waals surface area contributed by atoms with E-state index in [2.05, 4.69) is 5.38 Å². The minimum atomic E-state index is 0.0580. The summed E-state index contributed by atoms with van der Waals surface area (Å²) in [4.78, 5) is 13.2. The maximum absolute atomic E-state index is 11.5. The molecule has 0 bridgehead atoms. The van der Waals surface area contributed by atoms with Crippen molar-refractivity contribution in [2.45, 2.75) is 20.0 Å². The molecule has 0 atom stereocenters. The highest BCUT2D eigenvalue weighted by Gasteiger charge is 2.11. The summed E-state index contributed by atoms with van der Waals surface area (Å²) in [5, 5.41) is 4.07. The van der Waals surface area contributed by atoms with Crippen LogP contribution >= 0.6 is 11.3 Å². The molecular weight excluding hydrogens is 222 g/mol. The number of hydrogen-bond acceptors (Lipinski definition) is 3. The van der Waals surface area contributed by atoms with Crippen LogP contribution in [-0.4, -0.2) is 10.8 Å². The molecule has 0 spiro atoms. The average molecular weight is 235 g/mol. The Morgan fingerprint density at radius 1 is 1.44 bits per heavy atom. The third-order valence-corrected chi connectivity index (χ3v) is 3.06. The van der Waals surface area contributed by atoms with Crippen LogP contribution in [0.3, 0.4) is 0 Å². The summed E-state index contributed by atoms with van der Waals surface area (Å²) in [6.45, 7) is 2.74. The molecule has 0 saturated carbocycles. The predicted molar refractivity (Wildman–Crippen MR) is 63.0 cm³/mol. The lowest BCUT2D eigenvalue weighted by atomic mass is 10.3. The van der Waals surface area contributed by atoms with Gasteiger partial charge in [0.2, 0.25) is 5.91 Å². The summed E-state index contributed by atoms with van der Waals surface area (Å²) in [5.74, 6) is 0.869. The SMILES string of the molecule is CC(=O)N(Cc1ccsc1)Cc1ccco1. The van der Waals surface area contributed by atoms with Crippen molar-refractivity contribution in [3.05, 3.63) is 46.5 Å². The number of rotatable bonds is 4. The van der Waals surface area contributed by atoms with E-state index in [0.717, 1.165) is 11.3 Å². The van der Waals surface area contributed by atoms with Crippen molar-refractivity contribution in [1.82, 2.24) is 4.90 Å². The summed E-state index contributed by atoms with van der Waals surface area (Å²) in [5.41, 5.74) is 1.16. The van der Waals surface area contributed by atoms with Gasteiger partial charge < -0.3 is 9.32 Å². The van der Waals surface area contributed by atoms with Crippen LogP contribution in [0, 0.1) is 0 Å². The Morgan fingerprint density at radius 3 is 2.88 bits per heavy atom. The lowest BCUT2D eigenvalue weighted by Crippen LogP contribution is -2.27. The third-order valence-electron chi connectivity index (χ3n) is 2.33. The minimum Gasteiger partial charge on any atom is -0.467 e. The first-order chi connectivity index (χ1) is 7.75. The first kappa shape index (κ1) is 11.0. The van der Waals surface area contributed by atoms with E-state index >= 15 is 0 Å². The Hall–Kier alpha value is -1.55. The van der Waals surface area contributed by atoms with Crippen LogP contribution in [-0.2, 0) is 17.9 Å². The lowest BCUT2D eigenvalue weighted by Gasteiger charge is -2.19. The van der Waals surface area contributed by atoms with Crippen molar-refractivity contribution < 1.29 is 9.21 Å². The van der Waals surface area contributed by atoms with Gasteiger partial charge in [0, 0.05) is 13.5 Å². The molecule has 4 heteroatoms. The fourth-order valence-corrected chi connectivity index (χ4v) is 2.13. The van der Waals surface area contributed by atoms with Gasteiger partial charge in [-0.3, -0.25) is 4.79 Å². The zero-order valence-electron chi connectivity index (χ0n) is 9.05. The molecule has 0 radical (unpaired) electrons. The number of nitrogens with zero attached hydrogens (tertiary/aromatic N) is 1. The molecule has 0 aromatic carbocycles. The molecule has 2 aromatic heterocycles. The van der Waals surface area contributed by atoms with Gasteiger partial charge in [0.15, 0.2) is 0 Å². The lowest BCUT2D eigenvalue weighted by molar-refractivity contribution is -0.130. The van der Waals surface area contributed by atoms with E-state index in [1.54, 1.807) is 29.4 Å². The van der Waals surface area contributed by atoms with Crippen molar-refractivity contribution in [3.63, 3.8) is 0 Å². The number of carbonyl (C=O) groups excluding carboxylic acids is 1. The van der Waals surface area contributed by atoms with Crippen molar-refractivity contribution >= 4 is 17.2 Å². The van der Waals surface area contributed by atoms with Gasteiger partial charge in [0.05, 0.1) is 12.8 Å². The molecule has 84 valence electrons. The summed E-state index contributed by atoms with van der Waals surface area (Å²) in [7, 11) is 0. The smallest absolute Gasteiger partial charge is 0.220 e. The second-order valence-electron chi connectivity index (χ2n) is 3.59. The standard InChI is InChI=1S/C12H13NO2S/c1-10(14)13(7-11-4-6-16-9-11)8-12-3-2-5-15-12/h2-6,9H,7-8H2,1H3. The van der Waals surface area contributed by atoms with Crippen LogP contribution in [0.1, 0.15) is 18.2 Å². The third kappa shape index (κ3) is 2.73. The molecule has 2 heterocycles. The van der Waals surface area contributed by atoms with Crippen LogP contribution in [0.4, 0.5) is 0 Å². The van der Waals surface area contributed by atoms with Crippen molar-refractivity contribution in [2.75, 3.05) is 0 Å². The summed E-state index contributed by atoms with van der Waals surface area (Å²) >= 11 is 1.64. The highest BCUT2D eigenvalue weighted by molar-refractivity contribution is 7.07.